The molecule has 1 atom stereocenters. The molecular formula is C27H40N4O3. The molecule has 0 aliphatic carbocycles. The molecule has 0 spiro atoms. The van der Waals surface area contributed by atoms with Gasteiger partial charge in [0, 0.05) is 64.6 Å². The third-order valence-corrected chi connectivity index (χ3v) is 6.85. The van der Waals surface area contributed by atoms with Crippen LogP contribution in [0.2, 0.25) is 0 Å². The fraction of sp³-hybridized carbons (Fsp3) is 0.556. The zero-order valence-electron chi connectivity index (χ0n) is 20.9. The topological polar surface area (TPSA) is 51.7 Å². The van der Waals surface area contributed by atoms with Crippen molar-refractivity contribution in [3.63, 3.8) is 0 Å². The summed E-state index contributed by atoms with van der Waals surface area (Å²) in [5.41, 5.74) is 1.82. The molecule has 0 saturated carbocycles. The van der Waals surface area contributed by atoms with Gasteiger partial charge in [0.25, 0.3) is 0 Å². The van der Waals surface area contributed by atoms with E-state index >= 15 is 0 Å². The lowest BCUT2D eigenvalue weighted by Crippen LogP contribution is -2.52. The SMILES string of the molecule is COc1cc(CN2CC[C@](O)(CN3CCN(c4ccccc4)CC3)C2)ccc1OCCN(C)C. The van der Waals surface area contributed by atoms with Crippen molar-refractivity contribution in [3.8, 4) is 11.5 Å². The van der Waals surface area contributed by atoms with Crippen LogP contribution < -0.4 is 14.4 Å². The van der Waals surface area contributed by atoms with Crippen LogP contribution in [-0.4, -0.2) is 106 Å². The number of para-hydroxylation sites is 1. The first-order valence-corrected chi connectivity index (χ1v) is 12.4. The van der Waals surface area contributed by atoms with Crippen LogP contribution in [0.5, 0.6) is 11.5 Å². The van der Waals surface area contributed by atoms with Gasteiger partial charge >= 0.3 is 0 Å². The van der Waals surface area contributed by atoms with Gasteiger partial charge in [0.1, 0.15) is 6.61 Å². The molecule has 1 N–H and O–H groups in total. The molecule has 0 unspecified atom stereocenters. The molecule has 2 aromatic carbocycles. The van der Waals surface area contributed by atoms with Crippen molar-refractivity contribution in [1.82, 2.24) is 14.7 Å². The Kier molecular flexibility index (Phi) is 8.32. The molecule has 0 bridgehead atoms. The molecule has 2 heterocycles. The predicted octanol–water partition coefficient (Wildman–Crippen LogP) is 2.39. The zero-order valence-corrected chi connectivity index (χ0v) is 20.9. The first-order valence-electron chi connectivity index (χ1n) is 12.4. The number of ether oxygens (including phenoxy) is 2. The number of hydrogen-bond donors (Lipinski definition) is 1. The fourth-order valence-electron chi connectivity index (χ4n) is 4.95. The van der Waals surface area contributed by atoms with Crippen molar-refractivity contribution in [3.05, 3.63) is 54.1 Å². The summed E-state index contributed by atoms with van der Waals surface area (Å²) in [5, 5.41) is 11.3. The summed E-state index contributed by atoms with van der Waals surface area (Å²) in [7, 11) is 5.75. The quantitative estimate of drug-likeness (QED) is 0.575. The summed E-state index contributed by atoms with van der Waals surface area (Å²) in [5.74, 6) is 1.54. The van der Waals surface area contributed by atoms with Gasteiger partial charge in [0.05, 0.1) is 12.7 Å². The van der Waals surface area contributed by atoms with Gasteiger partial charge in [0.2, 0.25) is 0 Å². The van der Waals surface area contributed by atoms with E-state index in [0.717, 1.165) is 70.3 Å². The minimum Gasteiger partial charge on any atom is -0.493 e. The number of piperazine rings is 1. The molecule has 2 saturated heterocycles. The Morgan fingerprint density at radius 1 is 0.941 bits per heavy atom. The van der Waals surface area contributed by atoms with Gasteiger partial charge in [-0.3, -0.25) is 9.80 Å². The molecule has 2 aliphatic heterocycles. The van der Waals surface area contributed by atoms with Crippen LogP contribution >= 0.6 is 0 Å². The van der Waals surface area contributed by atoms with Gasteiger partial charge in [-0.05, 0) is 50.3 Å². The molecule has 2 fully saturated rings. The Balaban J connectivity index is 1.26. The molecule has 2 aliphatic rings. The highest BCUT2D eigenvalue weighted by atomic mass is 16.5. The van der Waals surface area contributed by atoms with Crippen LogP contribution in [0.4, 0.5) is 5.69 Å². The van der Waals surface area contributed by atoms with E-state index in [1.807, 2.05) is 20.2 Å². The minimum atomic E-state index is -0.645. The van der Waals surface area contributed by atoms with E-state index in [4.69, 9.17) is 9.47 Å². The van der Waals surface area contributed by atoms with Crippen LogP contribution in [0.15, 0.2) is 48.5 Å². The van der Waals surface area contributed by atoms with Crippen molar-refractivity contribution < 1.29 is 14.6 Å². The number of methoxy groups -OCH3 is 1. The molecule has 34 heavy (non-hydrogen) atoms. The maximum atomic E-state index is 11.3. The third kappa shape index (κ3) is 6.63. The summed E-state index contributed by atoms with van der Waals surface area (Å²) in [4.78, 5) is 9.30. The number of anilines is 1. The number of aliphatic hydroxyl groups is 1. The highest BCUT2D eigenvalue weighted by Crippen LogP contribution is 2.30. The van der Waals surface area contributed by atoms with Crippen LogP contribution in [0.25, 0.3) is 0 Å². The van der Waals surface area contributed by atoms with Crippen LogP contribution in [0.3, 0.4) is 0 Å². The van der Waals surface area contributed by atoms with E-state index in [1.165, 1.54) is 11.3 Å². The van der Waals surface area contributed by atoms with Crippen molar-refractivity contribution >= 4 is 5.69 Å². The Morgan fingerprint density at radius 2 is 1.71 bits per heavy atom. The third-order valence-electron chi connectivity index (χ3n) is 6.85. The van der Waals surface area contributed by atoms with Crippen molar-refractivity contribution in [2.45, 2.75) is 18.6 Å². The van der Waals surface area contributed by atoms with Gasteiger partial charge < -0.3 is 24.4 Å². The van der Waals surface area contributed by atoms with E-state index in [2.05, 4.69) is 62.1 Å². The summed E-state index contributed by atoms with van der Waals surface area (Å²) in [6, 6.07) is 16.8. The van der Waals surface area contributed by atoms with Crippen molar-refractivity contribution in [2.24, 2.45) is 0 Å². The van der Waals surface area contributed by atoms with E-state index in [9.17, 15) is 5.11 Å². The predicted molar refractivity (Wildman–Crippen MR) is 137 cm³/mol. The van der Waals surface area contributed by atoms with Gasteiger partial charge in [0.15, 0.2) is 11.5 Å². The van der Waals surface area contributed by atoms with E-state index < -0.39 is 5.60 Å². The van der Waals surface area contributed by atoms with Gasteiger partial charge in [-0.15, -0.1) is 0 Å². The van der Waals surface area contributed by atoms with Crippen LogP contribution in [-0.2, 0) is 6.54 Å². The number of likely N-dealkylation sites (N-methyl/N-ethyl adjacent to an activating group) is 1. The summed E-state index contributed by atoms with van der Waals surface area (Å²) < 4.78 is 11.5. The molecule has 0 radical (unpaired) electrons. The fourth-order valence-corrected chi connectivity index (χ4v) is 4.95. The summed E-state index contributed by atoms with van der Waals surface area (Å²) >= 11 is 0. The second kappa shape index (κ2) is 11.4. The molecule has 4 rings (SSSR count). The van der Waals surface area contributed by atoms with E-state index in [0.29, 0.717) is 13.2 Å². The Hall–Kier alpha value is -2.32. The maximum Gasteiger partial charge on any atom is 0.161 e. The highest BCUT2D eigenvalue weighted by Gasteiger charge is 2.38. The monoisotopic (exact) mass is 468 g/mol. The lowest BCUT2D eigenvalue weighted by molar-refractivity contribution is 0.00978. The largest absolute Gasteiger partial charge is 0.493 e. The average Bonchev–Trinajstić information content (AvgIpc) is 3.20. The number of rotatable bonds is 10. The lowest BCUT2D eigenvalue weighted by Gasteiger charge is -2.39. The summed E-state index contributed by atoms with van der Waals surface area (Å²) in [6.45, 7) is 8.64. The van der Waals surface area contributed by atoms with E-state index in [-0.39, 0.29) is 0 Å². The highest BCUT2D eigenvalue weighted by molar-refractivity contribution is 5.46. The average molecular weight is 469 g/mol. The van der Waals surface area contributed by atoms with Crippen LogP contribution in [0.1, 0.15) is 12.0 Å². The minimum absolute atomic E-state index is 0.626. The molecule has 2 aromatic rings. The first kappa shape index (κ1) is 24.8. The Bertz CT molecular complexity index is 902. The number of nitrogens with zero attached hydrogens (tertiary/aromatic N) is 4. The molecule has 7 nitrogen and oxygen atoms in total. The van der Waals surface area contributed by atoms with Gasteiger partial charge in [-0.1, -0.05) is 24.3 Å². The molecule has 186 valence electrons. The van der Waals surface area contributed by atoms with Crippen molar-refractivity contribution in [1.29, 1.82) is 0 Å². The van der Waals surface area contributed by atoms with E-state index in [1.54, 1.807) is 7.11 Å². The van der Waals surface area contributed by atoms with Gasteiger partial charge in [-0.2, -0.15) is 0 Å². The lowest BCUT2D eigenvalue weighted by atomic mass is 10.0. The van der Waals surface area contributed by atoms with Crippen molar-refractivity contribution in [2.75, 3.05) is 85.1 Å². The Morgan fingerprint density at radius 3 is 2.41 bits per heavy atom. The standard InChI is InChI=1S/C27H40N4O3/c1-28(2)17-18-34-25-10-9-23(19-26(25)33-3)20-30-12-11-27(32,22-30)21-29-13-15-31(16-14-29)24-7-5-4-6-8-24/h4-10,19,32H,11-18,20-22H2,1-3H3/t27-/m0/s1. The smallest absolute Gasteiger partial charge is 0.161 e. The number of hydrogen-bond acceptors (Lipinski definition) is 7. The summed E-state index contributed by atoms with van der Waals surface area (Å²) in [6.07, 6.45) is 0.814. The Labute approximate surface area is 204 Å². The van der Waals surface area contributed by atoms with Crippen LogP contribution in [0, 0.1) is 0 Å². The zero-order chi connectivity index (χ0) is 24.0. The second-order valence-electron chi connectivity index (χ2n) is 9.92. The number of benzene rings is 2. The van der Waals surface area contributed by atoms with Gasteiger partial charge in [-0.25, -0.2) is 0 Å². The second-order valence-corrected chi connectivity index (χ2v) is 9.92. The molecule has 0 aromatic heterocycles. The number of β-amino-alcohol motifs (C(OH)–C–C–N with tert-alkyl or cyclic N) is 1. The maximum absolute atomic E-state index is 11.3. The molecule has 7 heteroatoms. The molecule has 0 amide bonds. The molecular weight excluding hydrogens is 428 g/mol. The first-order chi connectivity index (χ1) is 16.4. The number of likely N-dealkylation sites (tertiary alicyclic amines) is 1. The normalized spacial score (nSPS) is 21.9.